The Morgan fingerprint density at radius 1 is 1.28 bits per heavy atom. The van der Waals surface area contributed by atoms with Crippen molar-refractivity contribution in [2.75, 3.05) is 26.9 Å². The van der Waals surface area contributed by atoms with Crippen molar-refractivity contribution in [2.24, 2.45) is 4.99 Å². The lowest BCUT2D eigenvalue weighted by Crippen LogP contribution is -2.37. The van der Waals surface area contributed by atoms with E-state index in [1.165, 1.54) is 5.56 Å². The number of ether oxygens (including phenoxy) is 3. The molecule has 1 saturated heterocycles. The quantitative estimate of drug-likeness (QED) is 0.526. The van der Waals surface area contributed by atoms with Gasteiger partial charge in [-0.05, 0) is 31.5 Å². The van der Waals surface area contributed by atoms with E-state index in [9.17, 15) is 0 Å². The minimum absolute atomic E-state index is 0.116. The smallest absolute Gasteiger partial charge is 0.213 e. The molecule has 7 heteroatoms. The molecule has 3 rings (SSSR count). The number of pyridine rings is 1. The Morgan fingerprint density at radius 2 is 2.17 bits per heavy atom. The molecule has 156 valence electrons. The van der Waals surface area contributed by atoms with Crippen LogP contribution in [0.25, 0.3) is 0 Å². The summed E-state index contributed by atoms with van der Waals surface area (Å²) < 4.78 is 16.8. The van der Waals surface area contributed by atoms with E-state index in [1.807, 2.05) is 25.1 Å². The van der Waals surface area contributed by atoms with E-state index in [-0.39, 0.29) is 6.10 Å². The van der Waals surface area contributed by atoms with E-state index in [0.717, 1.165) is 42.5 Å². The highest BCUT2D eigenvalue weighted by atomic mass is 16.5. The first-order valence-corrected chi connectivity index (χ1v) is 10.0. The molecule has 29 heavy (non-hydrogen) atoms. The monoisotopic (exact) mass is 398 g/mol. The van der Waals surface area contributed by atoms with Crippen LogP contribution in [0.15, 0.2) is 41.4 Å². The molecule has 1 aliphatic heterocycles. The molecular weight excluding hydrogens is 368 g/mol. The highest BCUT2D eigenvalue weighted by molar-refractivity contribution is 5.79. The largest absolute Gasteiger partial charge is 0.488 e. The van der Waals surface area contributed by atoms with Crippen LogP contribution < -0.4 is 20.1 Å². The fourth-order valence-electron chi connectivity index (χ4n) is 3.04. The zero-order valence-electron chi connectivity index (χ0n) is 17.4. The van der Waals surface area contributed by atoms with E-state index < -0.39 is 0 Å². The summed E-state index contributed by atoms with van der Waals surface area (Å²) >= 11 is 0. The molecule has 1 aromatic heterocycles. The molecule has 0 aliphatic carbocycles. The number of aryl methyl sites for hydroxylation is 1. The number of benzene rings is 1. The minimum atomic E-state index is 0.116. The van der Waals surface area contributed by atoms with Gasteiger partial charge in [0.05, 0.1) is 39.1 Å². The Balaban J connectivity index is 1.67. The normalized spacial score (nSPS) is 16.5. The van der Waals surface area contributed by atoms with Gasteiger partial charge in [0.15, 0.2) is 5.96 Å². The van der Waals surface area contributed by atoms with Crippen LogP contribution in [0.2, 0.25) is 0 Å². The van der Waals surface area contributed by atoms with Gasteiger partial charge in [-0.3, -0.25) is 0 Å². The van der Waals surface area contributed by atoms with E-state index in [2.05, 4.69) is 40.7 Å². The number of nitrogens with zero attached hydrogens (tertiary/aromatic N) is 2. The average molecular weight is 399 g/mol. The van der Waals surface area contributed by atoms with Crippen LogP contribution >= 0.6 is 0 Å². The fourth-order valence-corrected chi connectivity index (χ4v) is 3.04. The summed E-state index contributed by atoms with van der Waals surface area (Å²) in [6, 6.07) is 11.9. The van der Waals surface area contributed by atoms with Crippen molar-refractivity contribution in [1.82, 2.24) is 15.6 Å². The van der Waals surface area contributed by atoms with Gasteiger partial charge in [-0.1, -0.05) is 18.2 Å². The first-order chi connectivity index (χ1) is 14.2. The molecule has 0 radical (unpaired) electrons. The number of nitrogens with one attached hydrogen (secondary N) is 2. The maximum atomic E-state index is 6.18. The van der Waals surface area contributed by atoms with E-state index >= 15 is 0 Å². The van der Waals surface area contributed by atoms with E-state index in [4.69, 9.17) is 19.2 Å². The Labute approximate surface area is 172 Å². The Hall–Kier alpha value is -2.80. The Kier molecular flexibility index (Phi) is 7.69. The van der Waals surface area contributed by atoms with Gasteiger partial charge < -0.3 is 24.8 Å². The van der Waals surface area contributed by atoms with Gasteiger partial charge >= 0.3 is 0 Å². The third-order valence-corrected chi connectivity index (χ3v) is 4.58. The molecule has 1 atom stereocenters. The second-order valence-corrected chi connectivity index (χ2v) is 6.93. The molecule has 1 fully saturated rings. The third kappa shape index (κ3) is 6.35. The predicted molar refractivity (Wildman–Crippen MR) is 113 cm³/mol. The Bertz CT molecular complexity index is 819. The molecule has 2 N–H and O–H groups in total. The van der Waals surface area contributed by atoms with Gasteiger partial charge in [0.1, 0.15) is 11.9 Å². The summed E-state index contributed by atoms with van der Waals surface area (Å²) in [6.07, 6.45) is 1.04. The van der Waals surface area contributed by atoms with Gasteiger partial charge in [0.2, 0.25) is 5.88 Å². The van der Waals surface area contributed by atoms with Crippen molar-refractivity contribution in [1.29, 1.82) is 0 Å². The molecular formula is C22H30N4O3. The van der Waals surface area contributed by atoms with Crippen LogP contribution in [0.3, 0.4) is 0 Å². The molecule has 1 unspecified atom stereocenters. The summed E-state index contributed by atoms with van der Waals surface area (Å²) in [6.45, 7) is 7.36. The van der Waals surface area contributed by atoms with Crippen molar-refractivity contribution < 1.29 is 14.2 Å². The number of guanidine groups is 1. The molecule has 1 aromatic carbocycles. The van der Waals surface area contributed by atoms with Gasteiger partial charge in [-0.25, -0.2) is 9.98 Å². The maximum absolute atomic E-state index is 6.18. The summed E-state index contributed by atoms with van der Waals surface area (Å²) in [5, 5.41) is 6.60. The highest BCUT2D eigenvalue weighted by Gasteiger charge is 2.18. The molecule has 0 spiro atoms. The summed E-state index contributed by atoms with van der Waals surface area (Å²) in [5.74, 6) is 2.21. The highest BCUT2D eigenvalue weighted by Crippen LogP contribution is 2.24. The van der Waals surface area contributed by atoms with Gasteiger partial charge in [0, 0.05) is 24.6 Å². The number of rotatable bonds is 8. The summed E-state index contributed by atoms with van der Waals surface area (Å²) in [4.78, 5) is 9.15. The van der Waals surface area contributed by atoms with Crippen molar-refractivity contribution in [3.8, 4) is 11.6 Å². The molecule has 0 amide bonds. The average Bonchev–Trinajstić information content (AvgIpc) is 3.24. The lowest BCUT2D eigenvalue weighted by molar-refractivity contribution is 0.140. The van der Waals surface area contributed by atoms with Crippen molar-refractivity contribution in [2.45, 2.75) is 39.5 Å². The van der Waals surface area contributed by atoms with E-state index in [1.54, 1.807) is 7.11 Å². The SMILES string of the molecule is CCNC(=NCc1ccc(C)cc1OC1CCOC1)NCc1cccc(OC)n1. The van der Waals surface area contributed by atoms with Crippen LogP contribution in [0.5, 0.6) is 11.6 Å². The molecule has 1 aliphatic rings. The zero-order valence-corrected chi connectivity index (χ0v) is 17.4. The number of methoxy groups -OCH3 is 1. The number of aromatic nitrogens is 1. The first kappa shape index (κ1) is 20.9. The van der Waals surface area contributed by atoms with Gasteiger partial charge in [-0.2, -0.15) is 0 Å². The molecule has 7 nitrogen and oxygen atoms in total. The topological polar surface area (TPSA) is 77.0 Å². The van der Waals surface area contributed by atoms with Crippen molar-refractivity contribution in [3.05, 3.63) is 53.2 Å². The van der Waals surface area contributed by atoms with Crippen molar-refractivity contribution in [3.63, 3.8) is 0 Å². The second kappa shape index (κ2) is 10.7. The van der Waals surface area contributed by atoms with Gasteiger partial charge in [0.25, 0.3) is 0 Å². The number of hydrogen-bond donors (Lipinski definition) is 2. The second-order valence-electron chi connectivity index (χ2n) is 6.93. The maximum Gasteiger partial charge on any atom is 0.213 e. The zero-order chi connectivity index (χ0) is 20.5. The summed E-state index contributed by atoms with van der Waals surface area (Å²) in [7, 11) is 1.62. The van der Waals surface area contributed by atoms with Crippen LogP contribution in [-0.4, -0.2) is 43.9 Å². The minimum Gasteiger partial charge on any atom is -0.488 e. The molecule has 0 bridgehead atoms. The summed E-state index contributed by atoms with van der Waals surface area (Å²) in [5.41, 5.74) is 3.11. The standard InChI is InChI=1S/C22H30N4O3/c1-4-23-22(25-14-18-6-5-7-21(26-18)27-3)24-13-17-9-8-16(2)12-20(17)29-19-10-11-28-15-19/h5-9,12,19H,4,10-11,13-15H2,1-3H3,(H2,23,24,25). The molecule has 0 saturated carbocycles. The fraction of sp³-hybridized carbons (Fsp3) is 0.455. The van der Waals surface area contributed by atoms with Crippen LogP contribution in [-0.2, 0) is 17.8 Å². The Morgan fingerprint density at radius 3 is 2.93 bits per heavy atom. The van der Waals surface area contributed by atoms with E-state index in [0.29, 0.717) is 25.6 Å². The lowest BCUT2D eigenvalue weighted by atomic mass is 10.1. The van der Waals surface area contributed by atoms with Gasteiger partial charge in [-0.15, -0.1) is 0 Å². The van der Waals surface area contributed by atoms with Crippen LogP contribution in [0.4, 0.5) is 0 Å². The third-order valence-electron chi connectivity index (χ3n) is 4.58. The predicted octanol–water partition coefficient (Wildman–Crippen LogP) is 2.82. The molecule has 2 aromatic rings. The number of hydrogen-bond acceptors (Lipinski definition) is 5. The van der Waals surface area contributed by atoms with Crippen LogP contribution in [0.1, 0.15) is 30.2 Å². The van der Waals surface area contributed by atoms with Crippen LogP contribution in [0, 0.1) is 6.92 Å². The first-order valence-electron chi connectivity index (χ1n) is 10.0. The lowest BCUT2D eigenvalue weighted by Gasteiger charge is -2.16. The van der Waals surface area contributed by atoms with Crippen molar-refractivity contribution >= 4 is 5.96 Å². The number of aliphatic imine (C=N–C) groups is 1. The molecule has 2 heterocycles.